The van der Waals surface area contributed by atoms with Crippen molar-refractivity contribution in [3.8, 4) is 11.1 Å². The average molecular weight is 497 g/mol. The van der Waals surface area contributed by atoms with E-state index in [0.29, 0.717) is 37.2 Å². The first-order chi connectivity index (χ1) is 17.6. The predicted octanol–water partition coefficient (Wildman–Crippen LogP) is 7.52. The van der Waals surface area contributed by atoms with Gasteiger partial charge in [-0.25, -0.2) is 9.59 Å². The molecule has 0 amide bonds. The van der Waals surface area contributed by atoms with E-state index < -0.39 is 0 Å². The summed E-state index contributed by atoms with van der Waals surface area (Å²) in [6.07, 6.45) is 3.05. The molecule has 0 fully saturated rings. The summed E-state index contributed by atoms with van der Waals surface area (Å²) >= 11 is 0. The van der Waals surface area contributed by atoms with E-state index in [0.717, 1.165) is 12.8 Å². The van der Waals surface area contributed by atoms with Crippen molar-refractivity contribution < 1.29 is 19.1 Å². The third kappa shape index (κ3) is 5.24. The topological polar surface area (TPSA) is 52.6 Å². The van der Waals surface area contributed by atoms with Crippen LogP contribution in [0, 0.1) is 13.8 Å². The van der Waals surface area contributed by atoms with Crippen molar-refractivity contribution in [3.05, 3.63) is 95.1 Å². The fourth-order valence-electron chi connectivity index (χ4n) is 5.43. The first kappa shape index (κ1) is 26.4. The standard InChI is InChI=1S/C33H36O4/c1-21(2)31(34)36-15-9-13-33(14-10-16-37-32(35)22(3)4)29-18-24(6)23(5)17-27(29)28-19-25-11-7-8-12-26(25)20-30(28)33/h7-8,11-12,17-20H,1,3,9-10,13-16H2,2,4-6H3. The van der Waals surface area contributed by atoms with E-state index in [-0.39, 0.29) is 17.4 Å². The third-order valence-electron chi connectivity index (χ3n) is 7.50. The van der Waals surface area contributed by atoms with Crippen molar-refractivity contribution in [2.45, 2.75) is 58.8 Å². The lowest BCUT2D eigenvalue weighted by Crippen LogP contribution is -2.27. The Labute approximate surface area is 220 Å². The summed E-state index contributed by atoms with van der Waals surface area (Å²) < 4.78 is 10.9. The summed E-state index contributed by atoms with van der Waals surface area (Å²) in [5.74, 6) is -0.712. The average Bonchev–Trinajstić information content (AvgIpc) is 3.11. The Kier molecular flexibility index (Phi) is 7.68. The van der Waals surface area contributed by atoms with Crippen LogP contribution in [-0.2, 0) is 24.5 Å². The first-order valence-corrected chi connectivity index (χ1v) is 12.9. The lowest BCUT2D eigenvalue weighted by Gasteiger charge is -2.33. The van der Waals surface area contributed by atoms with Gasteiger partial charge in [0.25, 0.3) is 0 Å². The van der Waals surface area contributed by atoms with E-state index in [9.17, 15) is 9.59 Å². The Bertz CT molecular complexity index is 1360. The number of hydrogen-bond donors (Lipinski definition) is 0. The lowest BCUT2D eigenvalue weighted by atomic mass is 9.70. The fourth-order valence-corrected chi connectivity index (χ4v) is 5.43. The van der Waals surface area contributed by atoms with E-state index in [2.05, 4.69) is 75.5 Å². The van der Waals surface area contributed by atoms with Crippen LogP contribution in [0.1, 0.15) is 61.8 Å². The summed E-state index contributed by atoms with van der Waals surface area (Å²) in [6, 6.07) is 17.7. The molecule has 4 nitrogen and oxygen atoms in total. The van der Waals surface area contributed by atoms with E-state index in [4.69, 9.17) is 9.47 Å². The molecule has 0 bridgehead atoms. The molecule has 0 aromatic heterocycles. The molecule has 1 aliphatic carbocycles. The van der Waals surface area contributed by atoms with Crippen LogP contribution in [-0.4, -0.2) is 25.2 Å². The maximum Gasteiger partial charge on any atom is 0.333 e. The minimum absolute atomic E-state index is 0.279. The molecule has 0 spiro atoms. The summed E-state index contributed by atoms with van der Waals surface area (Å²) in [7, 11) is 0. The number of esters is 2. The highest BCUT2D eigenvalue weighted by molar-refractivity contribution is 5.94. The van der Waals surface area contributed by atoms with Crippen LogP contribution in [0.15, 0.2) is 72.8 Å². The highest BCUT2D eigenvalue weighted by Crippen LogP contribution is 2.55. The molecule has 0 aliphatic heterocycles. The Morgan fingerprint density at radius 2 is 1.19 bits per heavy atom. The van der Waals surface area contributed by atoms with Gasteiger partial charge in [0.05, 0.1) is 13.2 Å². The van der Waals surface area contributed by atoms with Gasteiger partial charge in [-0.1, -0.05) is 49.6 Å². The Morgan fingerprint density at radius 3 is 1.73 bits per heavy atom. The zero-order valence-corrected chi connectivity index (χ0v) is 22.4. The monoisotopic (exact) mass is 496 g/mol. The van der Waals surface area contributed by atoms with Gasteiger partial charge in [0.1, 0.15) is 0 Å². The first-order valence-electron chi connectivity index (χ1n) is 12.9. The van der Waals surface area contributed by atoms with Gasteiger partial charge in [0.15, 0.2) is 0 Å². The van der Waals surface area contributed by atoms with Crippen LogP contribution in [0.4, 0.5) is 0 Å². The van der Waals surface area contributed by atoms with Crippen LogP contribution in [0.5, 0.6) is 0 Å². The van der Waals surface area contributed by atoms with Gasteiger partial charge in [-0.2, -0.15) is 0 Å². The second-order valence-electron chi connectivity index (χ2n) is 10.3. The van der Waals surface area contributed by atoms with Crippen molar-refractivity contribution >= 4 is 22.7 Å². The highest BCUT2D eigenvalue weighted by Gasteiger charge is 2.43. The van der Waals surface area contributed by atoms with Gasteiger partial charge < -0.3 is 9.47 Å². The Balaban J connectivity index is 1.76. The lowest BCUT2D eigenvalue weighted by molar-refractivity contribution is -0.139. The molecule has 37 heavy (non-hydrogen) atoms. The van der Waals surface area contributed by atoms with Crippen LogP contribution in [0.3, 0.4) is 0 Å². The number of carbonyl (C=O) groups excluding carboxylic acids is 2. The number of aryl methyl sites for hydroxylation is 2. The molecule has 4 heteroatoms. The normalized spacial score (nSPS) is 13.1. The molecule has 0 N–H and O–H groups in total. The molecule has 4 rings (SSSR count). The molecular formula is C33H36O4. The second kappa shape index (κ2) is 10.8. The highest BCUT2D eigenvalue weighted by atomic mass is 16.5. The Morgan fingerprint density at radius 1 is 0.730 bits per heavy atom. The fraction of sp³-hybridized carbons (Fsp3) is 0.333. The molecule has 0 saturated carbocycles. The molecule has 3 aromatic carbocycles. The minimum Gasteiger partial charge on any atom is -0.462 e. The molecule has 192 valence electrons. The van der Waals surface area contributed by atoms with Gasteiger partial charge in [0.2, 0.25) is 0 Å². The zero-order valence-electron chi connectivity index (χ0n) is 22.4. The van der Waals surface area contributed by atoms with E-state index in [1.807, 2.05) is 0 Å². The van der Waals surface area contributed by atoms with Gasteiger partial charge in [0, 0.05) is 16.6 Å². The number of ether oxygens (including phenoxy) is 2. The number of hydrogen-bond acceptors (Lipinski definition) is 4. The van der Waals surface area contributed by atoms with Crippen LogP contribution >= 0.6 is 0 Å². The van der Waals surface area contributed by atoms with Crippen molar-refractivity contribution in [1.29, 1.82) is 0 Å². The number of rotatable bonds is 10. The minimum atomic E-state index is -0.356. The molecule has 0 unspecified atom stereocenters. The van der Waals surface area contributed by atoms with E-state index >= 15 is 0 Å². The van der Waals surface area contributed by atoms with Crippen molar-refractivity contribution in [3.63, 3.8) is 0 Å². The smallest absolute Gasteiger partial charge is 0.333 e. The largest absolute Gasteiger partial charge is 0.462 e. The van der Waals surface area contributed by atoms with E-state index in [1.54, 1.807) is 13.8 Å². The van der Waals surface area contributed by atoms with E-state index in [1.165, 1.54) is 44.2 Å². The predicted molar refractivity (Wildman–Crippen MR) is 150 cm³/mol. The molecule has 0 heterocycles. The second-order valence-corrected chi connectivity index (χ2v) is 10.3. The summed E-state index contributed by atoms with van der Waals surface area (Å²) in [5.41, 5.74) is 8.17. The quantitative estimate of drug-likeness (QED) is 0.165. The van der Waals surface area contributed by atoms with Gasteiger partial charge in [-0.05, 0) is 110 Å². The van der Waals surface area contributed by atoms with Gasteiger partial charge in [-0.15, -0.1) is 0 Å². The number of benzene rings is 3. The third-order valence-corrected chi connectivity index (χ3v) is 7.50. The van der Waals surface area contributed by atoms with Crippen LogP contribution in [0.2, 0.25) is 0 Å². The van der Waals surface area contributed by atoms with Gasteiger partial charge >= 0.3 is 11.9 Å². The number of carbonyl (C=O) groups is 2. The van der Waals surface area contributed by atoms with Crippen LogP contribution < -0.4 is 0 Å². The maximum atomic E-state index is 12.0. The molecule has 0 saturated heterocycles. The summed E-state index contributed by atoms with van der Waals surface area (Å²) in [4.78, 5) is 24.0. The zero-order chi connectivity index (χ0) is 26.7. The molecule has 3 aromatic rings. The number of fused-ring (bicyclic) bond motifs is 4. The maximum absolute atomic E-state index is 12.0. The summed E-state index contributed by atoms with van der Waals surface area (Å²) in [6.45, 7) is 15.7. The summed E-state index contributed by atoms with van der Waals surface area (Å²) in [5, 5.41) is 2.42. The molecule has 0 radical (unpaired) electrons. The molecular weight excluding hydrogens is 460 g/mol. The van der Waals surface area contributed by atoms with Crippen molar-refractivity contribution in [2.75, 3.05) is 13.2 Å². The Hall–Kier alpha value is -3.66. The molecule has 0 atom stereocenters. The van der Waals surface area contributed by atoms with Crippen molar-refractivity contribution in [1.82, 2.24) is 0 Å². The van der Waals surface area contributed by atoms with Gasteiger partial charge in [-0.3, -0.25) is 0 Å². The van der Waals surface area contributed by atoms with Crippen molar-refractivity contribution in [2.24, 2.45) is 0 Å². The van der Waals surface area contributed by atoms with Crippen LogP contribution in [0.25, 0.3) is 21.9 Å². The molecule has 1 aliphatic rings. The SMILES string of the molecule is C=C(C)C(=O)OCCCC1(CCCOC(=O)C(=C)C)c2cc(C)c(C)cc2-c2cc3ccccc3cc21.